The van der Waals surface area contributed by atoms with E-state index in [1.165, 1.54) is 0 Å². The van der Waals surface area contributed by atoms with Crippen molar-refractivity contribution in [3.63, 3.8) is 0 Å². The molecular formula is C34H38FN5O4Si. The van der Waals surface area contributed by atoms with Crippen LogP contribution in [0.4, 0.5) is 21.2 Å². The van der Waals surface area contributed by atoms with Gasteiger partial charge in [-0.05, 0) is 55.4 Å². The highest BCUT2D eigenvalue weighted by Gasteiger charge is 2.66. The lowest BCUT2D eigenvalue weighted by Gasteiger charge is -2.31. The van der Waals surface area contributed by atoms with Crippen LogP contribution in [0.1, 0.15) is 30.2 Å². The molecule has 45 heavy (non-hydrogen) atoms. The molecule has 2 aliphatic heterocycles. The number of aryl methyl sites for hydroxylation is 1. The molecule has 2 aliphatic rings. The molecule has 1 fully saturated rings. The third-order valence-corrected chi connectivity index (χ3v) is 11.6. The summed E-state index contributed by atoms with van der Waals surface area (Å²) in [6.07, 6.45) is 2.95. The number of carbonyl (C=O) groups is 2. The molecule has 3 heterocycles. The monoisotopic (exact) mass is 627 g/mol. The van der Waals surface area contributed by atoms with E-state index in [0.29, 0.717) is 30.8 Å². The first-order valence-corrected chi connectivity index (χ1v) is 18.3. The lowest BCUT2D eigenvalue weighted by molar-refractivity contribution is -0.146. The van der Waals surface area contributed by atoms with E-state index < -0.39 is 31.6 Å². The molecule has 4 atom stereocenters. The third-order valence-electron chi connectivity index (χ3n) is 9.13. The van der Waals surface area contributed by atoms with Gasteiger partial charge in [-0.2, -0.15) is 0 Å². The Morgan fingerprint density at radius 2 is 1.80 bits per heavy atom. The molecule has 0 aliphatic carbocycles. The van der Waals surface area contributed by atoms with Gasteiger partial charge in [0.15, 0.2) is 5.60 Å². The highest BCUT2D eigenvalue weighted by Crippen LogP contribution is 2.60. The van der Waals surface area contributed by atoms with Gasteiger partial charge in [0, 0.05) is 54.2 Å². The summed E-state index contributed by atoms with van der Waals surface area (Å²) < 4.78 is 24.7. The summed E-state index contributed by atoms with van der Waals surface area (Å²) in [5.41, 5.74) is 2.73. The number of carbonyl (C=O) groups excluding carboxylic acids is 2. The molecular weight excluding hydrogens is 589 g/mol. The summed E-state index contributed by atoms with van der Waals surface area (Å²) in [7, 11) is -3.31. The van der Waals surface area contributed by atoms with Crippen LogP contribution in [0.3, 0.4) is 0 Å². The quantitative estimate of drug-likeness (QED) is 0.134. The first-order valence-electron chi connectivity index (χ1n) is 15.3. The van der Waals surface area contributed by atoms with Gasteiger partial charge >= 0.3 is 0 Å². The summed E-state index contributed by atoms with van der Waals surface area (Å²) >= 11 is 0. The molecule has 1 N–H and O–H groups in total. The standard InChI is InChI=1S/C34H38FN5O4Si/c1-24-32(45(2,3)35)31(16-18-38-22-26(17-19-41)36-37-38)44-34(24)29-14-7-8-15-30(29)39(33(34)43)21-25-10-9-13-28(20-25)40(23-42)27-11-5-4-6-12-27/h4-15,20,22-24,31-32,41H,16-19,21H2,1-3H3/t24-,31+,32-,34+/m1/s1. The SMILES string of the molecule is C[C@@H]1[C@@H]([Si](C)(C)F)[C@H](CCn2cc(CCO)nn2)O[C@@]12C(=O)N(Cc1cccc(N(C=O)c3ccccc3)c1)c1ccccc12. The maximum atomic E-state index is 16.1. The van der Waals surface area contributed by atoms with Crippen molar-refractivity contribution in [3.05, 3.63) is 102 Å². The second-order valence-corrected chi connectivity index (χ2v) is 16.2. The van der Waals surface area contributed by atoms with Crippen molar-refractivity contribution in [2.45, 2.75) is 63.2 Å². The van der Waals surface area contributed by atoms with Crippen LogP contribution in [0.15, 0.2) is 85.1 Å². The molecule has 2 amide bonds. The number of aliphatic hydroxyl groups is 1. The number of amides is 2. The molecule has 0 radical (unpaired) electrons. The number of fused-ring (bicyclic) bond motifs is 2. The maximum Gasteiger partial charge on any atom is 0.264 e. The summed E-state index contributed by atoms with van der Waals surface area (Å²) in [5.74, 6) is -0.600. The predicted molar refractivity (Wildman–Crippen MR) is 172 cm³/mol. The summed E-state index contributed by atoms with van der Waals surface area (Å²) in [4.78, 5) is 30.0. The van der Waals surface area contributed by atoms with E-state index in [-0.39, 0.29) is 19.1 Å². The molecule has 4 aromatic rings. The molecule has 9 nitrogen and oxygen atoms in total. The lowest BCUT2D eigenvalue weighted by atomic mass is 9.82. The Morgan fingerprint density at radius 3 is 2.53 bits per heavy atom. The van der Waals surface area contributed by atoms with Crippen LogP contribution in [0, 0.1) is 5.92 Å². The van der Waals surface area contributed by atoms with Gasteiger partial charge in [0.25, 0.3) is 5.91 Å². The molecule has 6 rings (SSSR count). The van der Waals surface area contributed by atoms with Crippen molar-refractivity contribution >= 4 is 37.8 Å². The number of anilines is 3. The molecule has 0 saturated carbocycles. The number of hydrogen-bond donors (Lipinski definition) is 1. The summed E-state index contributed by atoms with van der Waals surface area (Å²) in [6, 6.07) is 24.6. The van der Waals surface area contributed by atoms with E-state index >= 15 is 4.11 Å². The van der Waals surface area contributed by atoms with Gasteiger partial charge < -0.3 is 18.9 Å². The summed E-state index contributed by atoms with van der Waals surface area (Å²) in [5, 5.41) is 17.5. The fourth-order valence-electron chi connectivity index (χ4n) is 7.21. The van der Waals surface area contributed by atoms with Crippen LogP contribution in [0.2, 0.25) is 18.6 Å². The average Bonchev–Trinajstić information content (AvgIpc) is 3.67. The number of rotatable bonds is 11. The zero-order valence-electron chi connectivity index (χ0n) is 25.7. The molecule has 11 heteroatoms. The first kappa shape index (κ1) is 30.8. The Balaban J connectivity index is 1.31. The minimum atomic E-state index is -3.31. The number of ether oxygens (including phenoxy) is 1. The normalized spacial score (nSPS) is 22.6. The molecule has 0 unspecified atom stereocenters. The van der Waals surface area contributed by atoms with Crippen LogP contribution in [0.5, 0.6) is 0 Å². The van der Waals surface area contributed by atoms with Crippen LogP contribution in [0.25, 0.3) is 0 Å². The predicted octanol–water partition coefficient (Wildman–Crippen LogP) is 5.52. The van der Waals surface area contributed by atoms with E-state index in [9.17, 15) is 14.7 Å². The van der Waals surface area contributed by atoms with E-state index in [1.807, 2.05) is 85.8 Å². The van der Waals surface area contributed by atoms with Crippen molar-refractivity contribution < 1.29 is 23.5 Å². The van der Waals surface area contributed by atoms with Crippen LogP contribution in [-0.2, 0) is 39.4 Å². The Morgan fingerprint density at radius 1 is 1.07 bits per heavy atom. The minimum absolute atomic E-state index is 0.0150. The molecule has 3 aromatic carbocycles. The summed E-state index contributed by atoms with van der Waals surface area (Å²) in [6.45, 7) is 6.04. The van der Waals surface area contributed by atoms with E-state index in [2.05, 4.69) is 10.3 Å². The number of aromatic nitrogens is 3. The first-order chi connectivity index (χ1) is 21.7. The third kappa shape index (κ3) is 5.60. The van der Waals surface area contributed by atoms with Crippen molar-refractivity contribution in [1.29, 1.82) is 0 Å². The van der Waals surface area contributed by atoms with Crippen molar-refractivity contribution in [2.24, 2.45) is 5.92 Å². The zero-order chi connectivity index (χ0) is 31.8. The molecule has 0 bridgehead atoms. The van der Waals surface area contributed by atoms with Crippen molar-refractivity contribution in [2.75, 3.05) is 16.4 Å². The fraction of sp³-hybridized carbons (Fsp3) is 0.353. The minimum Gasteiger partial charge on any atom is -0.396 e. The fourth-order valence-corrected chi connectivity index (χ4v) is 9.75. The number of benzene rings is 3. The van der Waals surface area contributed by atoms with Gasteiger partial charge in [-0.15, -0.1) is 5.10 Å². The van der Waals surface area contributed by atoms with Crippen LogP contribution < -0.4 is 9.80 Å². The van der Waals surface area contributed by atoms with Crippen LogP contribution >= 0.6 is 0 Å². The van der Waals surface area contributed by atoms with Crippen LogP contribution in [-0.4, -0.2) is 53.5 Å². The molecule has 1 aromatic heterocycles. The number of hydrogen-bond acceptors (Lipinski definition) is 6. The number of aliphatic hydroxyl groups excluding tert-OH is 1. The Bertz CT molecular complexity index is 1680. The Labute approximate surface area is 263 Å². The van der Waals surface area contributed by atoms with Gasteiger partial charge in [0.05, 0.1) is 24.0 Å². The second-order valence-electron chi connectivity index (χ2n) is 12.4. The number of halogens is 1. The average molecular weight is 628 g/mol. The second kappa shape index (κ2) is 12.3. The van der Waals surface area contributed by atoms with E-state index in [0.717, 1.165) is 28.9 Å². The van der Waals surface area contributed by atoms with Gasteiger partial charge in [0.1, 0.15) is 0 Å². The smallest absolute Gasteiger partial charge is 0.264 e. The highest BCUT2D eigenvalue weighted by atomic mass is 28.4. The lowest BCUT2D eigenvalue weighted by Crippen LogP contribution is -2.45. The molecule has 1 spiro atoms. The van der Waals surface area contributed by atoms with Gasteiger partial charge in [-0.25, -0.2) is 0 Å². The van der Waals surface area contributed by atoms with E-state index in [1.54, 1.807) is 33.8 Å². The van der Waals surface area contributed by atoms with Gasteiger partial charge in [0.2, 0.25) is 14.8 Å². The van der Waals surface area contributed by atoms with Gasteiger partial charge in [-0.1, -0.05) is 60.7 Å². The Hall–Kier alpha value is -4.19. The Kier molecular flexibility index (Phi) is 8.42. The molecule has 234 valence electrons. The van der Waals surface area contributed by atoms with Gasteiger partial charge in [-0.3, -0.25) is 19.2 Å². The largest absolute Gasteiger partial charge is 0.396 e. The van der Waals surface area contributed by atoms with Crippen molar-refractivity contribution in [1.82, 2.24) is 15.0 Å². The zero-order valence-corrected chi connectivity index (χ0v) is 26.7. The number of para-hydroxylation sites is 2. The maximum absolute atomic E-state index is 16.1. The topological polar surface area (TPSA) is 101 Å². The van der Waals surface area contributed by atoms with E-state index in [4.69, 9.17) is 4.74 Å². The molecule has 1 saturated heterocycles. The highest BCUT2D eigenvalue weighted by molar-refractivity contribution is 6.72. The number of nitrogens with zero attached hydrogens (tertiary/aromatic N) is 5. The van der Waals surface area contributed by atoms with Crippen molar-refractivity contribution in [3.8, 4) is 0 Å².